The van der Waals surface area contributed by atoms with Gasteiger partial charge in [-0.15, -0.1) is 34.4 Å². The van der Waals surface area contributed by atoms with E-state index in [0.29, 0.717) is 25.1 Å². The van der Waals surface area contributed by atoms with Crippen LogP contribution < -0.4 is 5.32 Å². The standard InChI is InChI=1S/C16H12Cl2N2OS3/c1-2-22-10-5-3-9(4-6-10)15(21)20-16-19-12(8-23-16)11-7-13(17)24-14(11)18/h3-8H,2H2,1H3,(H,19,20,21). The number of hydrogen-bond donors (Lipinski definition) is 1. The molecule has 0 unspecified atom stereocenters. The van der Waals surface area contributed by atoms with Crippen molar-refractivity contribution in [1.29, 1.82) is 0 Å². The molecular weight excluding hydrogens is 403 g/mol. The zero-order valence-electron chi connectivity index (χ0n) is 12.5. The Labute approximate surface area is 162 Å². The van der Waals surface area contributed by atoms with E-state index in [1.807, 2.05) is 29.6 Å². The van der Waals surface area contributed by atoms with Crippen LogP contribution in [0, 0.1) is 0 Å². The molecule has 1 aromatic carbocycles. The van der Waals surface area contributed by atoms with Crippen LogP contribution in [0.3, 0.4) is 0 Å². The molecule has 3 nitrogen and oxygen atoms in total. The quantitative estimate of drug-likeness (QED) is 0.481. The van der Waals surface area contributed by atoms with Gasteiger partial charge in [0.15, 0.2) is 5.13 Å². The summed E-state index contributed by atoms with van der Waals surface area (Å²) >= 11 is 16.5. The van der Waals surface area contributed by atoms with E-state index < -0.39 is 0 Å². The Hall–Kier alpha value is -1.05. The first-order valence-electron chi connectivity index (χ1n) is 7.01. The molecule has 124 valence electrons. The van der Waals surface area contributed by atoms with Crippen LogP contribution in [0.25, 0.3) is 11.3 Å². The first-order chi connectivity index (χ1) is 11.6. The van der Waals surface area contributed by atoms with Crippen molar-refractivity contribution in [2.75, 3.05) is 11.1 Å². The van der Waals surface area contributed by atoms with Gasteiger partial charge >= 0.3 is 0 Å². The molecule has 0 aliphatic rings. The van der Waals surface area contributed by atoms with Crippen LogP contribution in [-0.4, -0.2) is 16.6 Å². The molecule has 3 rings (SSSR count). The lowest BCUT2D eigenvalue weighted by molar-refractivity contribution is 0.102. The van der Waals surface area contributed by atoms with Crippen LogP contribution in [0.5, 0.6) is 0 Å². The highest BCUT2D eigenvalue weighted by molar-refractivity contribution is 7.99. The van der Waals surface area contributed by atoms with Crippen LogP contribution in [0.15, 0.2) is 40.6 Å². The maximum absolute atomic E-state index is 12.3. The Morgan fingerprint density at radius 1 is 1.29 bits per heavy atom. The fourth-order valence-electron chi connectivity index (χ4n) is 2.01. The van der Waals surface area contributed by atoms with Gasteiger partial charge in [-0.2, -0.15) is 0 Å². The molecule has 0 radical (unpaired) electrons. The smallest absolute Gasteiger partial charge is 0.257 e. The summed E-state index contributed by atoms with van der Waals surface area (Å²) in [5.74, 6) is 0.821. The van der Waals surface area contributed by atoms with E-state index in [0.717, 1.165) is 16.2 Å². The van der Waals surface area contributed by atoms with E-state index in [1.54, 1.807) is 17.8 Å². The molecular formula is C16H12Cl2N2OS3. The van der Waals surface area contributed by atoms with Crippen molar-refractivity contribution in [3.8, 4) is 11.3 Å². The van der Waals surface area contributed by atoms with E-state index in [1.165, 1.54) is 22.7 Å². The van der Waals surface area contributed by atoms with Gasteiger partial charge in [0.25, 0.3) is 5.91 Å². The topological polar surface area (TPSA) is 42.0 Å². The predicted molar refractivity (Wildman–Crippen MR) is 106 cm³/mol. The lowest BCUT2D eigenvalue weighted by Crippen LogP contribution is -2.11. The number of rotatable bonds is 5. The van der Waals surface area contributed by atoms with Gasteiger partial charge < -0.3 is 0 Å². The van der Waals surface area contributed by atoms with Gasteiger partial charge in [0, 0.05) is 21.4 Å². The van der Waals surface area contributed by atoms with E-state index in [2.05, 4.69) is 17.2 Å². The fourth-order valence-corrected chi connectivity index (χ4v) is 4.86. The lowest BCUT2D eigenvalue weighted by atomic mass is 10.2. The molecule has 0 fully saturated rings. The Kier molecular flexibility index (Phi) is 5.84. The summed E-state index contributed by atoms with van der Waals surface area (Å²) in [7, 11) is 0. The van der Waals surface area contributed by atoms with Crippen molar-refractivity contribution in [1.82, 2.24) is 4.98 Å². The third-order valence-electron chi connectivity index (χ3n) is 3.08. The van der Waals surface area contributed by atoms with E-state index in [9.17, 15) is 4.79 Å². The summed E-state index contributed by atoms with van der Waals surface area (Å²) in [5, 5.41) is 5.19. The number of carbonyl (C=O) groups excluding carboxylic acids is 1. The van der Waals surface area contributed by atoms with Crippen LogP contribution in [0.2, 0.25) is 8.67 Å². The first kappa shape index (κ1) is 17.8. The average molecular weight is 415 g/mol. The Morgan fingerprint density at radius 3 is 2.67 bits per heavy atom. The van der Waals surface area contributed by atoms with Gasteiger partial charge in [-0.05, 0) is 36.1 Å². The Balaban J connectivity index is 1.72. The zero-order chi connectivity index (χ0) is 17.1. The zero-order valence-corrected chi connectivity index (χ0v) is 16.5. The molecule has 1 N–H and O–H groups in total. The van der Waals surface area contributed by atoms with Gasteiger partial charge in [-0.3, -0.25) is 10.1 Å². The molecule has 0 saturated heterocycles. The highest BCUT2D eigenvalue weighted by Crippen LogP contribution is 2.39. The number of anilines is 1. The van der Waals surface area contributed by atoms with Gasteiger partial charge in [0.05, 0.1) is 10.0 Å². The number of halogens is 2. The molecule has 0 aliphatic heterocycles. The van der Waals surface area contributed by atoms with Crippen LogP contribution in [0.4, 0.5) is 5.13 Å². The van der Waals surface area contributed by atoms with Crippen LogP contribution >= 0.6 is 57.6 Å². The van der Waals surface area contributed by atoms with Crippen molar-refractivity contribution in [2.24, 2.45) is 0 Å². The number of benzene rings is 1. The second-order valence-electron chi connectivity index (χ2n) is 4.69. The molecule has 1 amide bonds. The second-order valence-corrected chi connectivity index (χ2v) is 9.17. The largest absolute Gasteiger partial charge is 0.298 e. The molecule has 2 heterocycles. The Bertz CT molecular complexity index is 859. The molecule has 2 aromatic heterocycles. The third kappa shape index (κ3) is 4.13. The highest BCUT2D eigenvalue weighted by atomic mass is 35.5. The number of amides is 1. The van der Waals surface area contributed by atoms with E-state index in [4.69, 9.17) is 23.2 Å². The monoisotopic (exact) mass is 414 g/mol. The number of carbonyl (C=O) groups is 1. The van der Waals surface area contributed by atoms with Crippen LogP contribution in [0.1, 0.15) is 17.3 Å². The van der Waals surface area contributed by atoms with Crippen LogP contribution in [-0.2, 0) is 0 Å². The number of nitrogens with one attached hydrogen (secondary N) is 1. The summed E-state index contributed by atoms with van der Waals surface area (Å²) in [4.78, 5) is 17.9. The van der Waals surface area contributed by atoms with E-state index >= 15 is 0 Å². The maximum Gasteiger partial charge on any atom is 0.257 e. The predicted octanol–water partition coefficient (Wildman–Crippen LogP) is 6.54. The van der Waals surface area contributed by atoms with Gasteiger partial charge in [-0.1, -0.05) is 30.1 Å². The summed E-state index contributed by atoms with van der Waals surface area (Å²) in [6.45, 7) is 2.10. The molecule has 0 aliphatic carbocycles. The van der Waals surface area contributed by atoms with Gasteiger partial charge in [-0.25, -0.2) is 4.98 Å². The number of hydrogen-bond acceptors (Lipinski definition) is 5. The molecule has 0 bridgehead atoms. The summed E-state index contributed by atoms with van der Waals surface area (Å²) < 4.78 is 1.20. The summed E-state index contributed by atoms with van der Waals surface area (Å²) in [5.41, 5.74) is 2.09. The van der Waals surface area contributed by atoms with Crippen molar-refractivity contribution < 1.29 is 4.79 Å². The normalized spacial score (nSPS) is 10.8. The van der Waals surface area contributed by atoms with Gasteiger partial charge in [0.2, 0.25) is 0 Å². The number of thiazole rings is 1. The average Bonchev–Trinajstić information content (AvgIpc) is 3.14. The minimum absolute atomic E-state index is 0.182. The molecule has 24 heavy (non-hydrogen) atoms. The summed E-state index contributed by atoms with van der Waals surface area (Å²) in [6.07, 6.45) is 0. The second kappa shape index (κ2) is 7.89. The van der Waals surface area contributed by atoms with Crippen molar-refractivity contribution in [3.05, 3.63) is 49.9 Å². The minimum Gasteiger partial charge on any atom is -0.298 e. The fraction of sp³-hybridized carbons (Fsp3) is 0.125. The molecule has 0 spiro atoms. The summed E-state index contributed by atoms with van der Waals surface area (Å²) in [6, 6.07) is 9.31. The molecule has 0 atom stereocenters. The SMILES string of the molecule is CCSc1ccc(C(=O)Nc2nc(-c3cc(Cl)sc3Cl)cs2)cc1. The lowest BCUT2D eigenvalue weighted by Gasteiger charge is -2.03. The van der Waals surface area contributed by atoms with Gasteiger partial charge in [0.1, 0.15) is 4.34 Å². The highest BCUT2D eigenvalue weighted by Gasteiger charge is 2.14. The Morgan fingerprint density at radius 2 is 2.04 bits per heavy atom. The number of aromatic nitrogens is 1. The molecule has 8 heteroatoms. The van der Waals surface area contributed by atoms with Crippen molar-refractivity contribution in [2.45, 2.75) is 11.8 Å². The third-order valence-corrected chi connectivity index (χ3v) is 6.22. The number of thiophene rings is 1. The van der Waals surface area contributed by atoms with E-state index in [-0.39, 0.29) is 5.91 Å². The number of thioether (sulfide) groups is 1. The minimum atomic E-state index is -0.182. The maximum atomic E-state index is 12.3. The van der Waals surface area contributed by atoms with Crippen molar-refractivity contribution in [3.63, 3.8) is 0 Å². The number of nitrogens with zero attached hydrogens (tertiary/aromatic N) is 1. The molecule has 0 saturated carbocycles. The van der Waals surface area contributed by atoms with Crippen molar-refractivity contribution >= 4 is 68.7 Å². The molecule has 3 aromatic rings. The first-order valence-corrected chi connectivity index (χ1v) is 10.5.